The molecule has 1 saturated heterocycles. The van der Waals surface area contributed by atoms with Gasteiger partial charge in [-0.2, -0.15) is 0 Å². The van der Waals surface area contributed by atoms with Crippen LogP contribution < -0.4 is 0 Å². The molecule has 0 unspecified atom stereocenters. The Hall–Kier alpha value is -4.93. The van der Waals surface area contributed by atoms with Gasteiger partial charge in [0.2, 0.25) is 0 Å². The molecule has 0 saturated carbocycles. The molecule has 64 heavy (non-hydrogen) atoms. The molecule has 1 aliphatic heterocycles. The van der Waals surface area contributed by atoms with Crippen LogP contribution in [0.2, 0.25) is 18.1 Å². The molecule has 8 heteroatoms. The lowest BCUT2D eigenvalue weighted by Crippen LogP contribution is -2.41. The van der Waals surface area contributed by atoms with Crippen molar-refractivity contribution in [2.45, 2.75) is 115 Å². The van der Waals surface area contributed by atoms with Gasteiger partial charge in [0.25, 0.3) is 0 Å². The molecule has 0 amide bonds. The van der Waals surface area contributed by atoms with Gasteiger partial charge in [0, 0.05) is 36.8 Å². The summed E-state index contributed by atoms with van der Waals surface area (Å²) in [6.45, 7) is 14.6. The van der Waals surface area contributed by atoms with E-state index in [0.717, 1.165) is 51.5 Å². The molecule has 7 nitrogen and oxygen atoms in total. The topological polar surface area (TPSA) is 83.5 Å². The number of aliphatic hydroxyl groups excluding tert-OH is 1. The Labute approximate surface area is 383 Å². The second kappa shape index (κ2) is 24.4. The van der Waals surface area contributed by atoms with Crippen LogP contribution in [0.4, 0.5) is 0 Å². The van der Waals surface area contributed by atoms with Gasteiger partial charge in [-0.1, -0.05) is 192 Å². The molecule has 1 aliphatic rings. The van der Waals surface area contributed by atoms with Crippen molar-refractivity contribution in [1.82, 2.24) is 0 Å². The molecule has 0 spiro atoms. The number of hydrogen-bond acceptors (Lipinski definition) is 7. The van der Waals surface area contributed by atoms with Crippen LogP contribution in [0, 0.1) is 5.92 Å². The lowest BCUT2D eigenvalue weighted by Gasteiger charge is -2.38. The summed E-state index contributed by atoms with van der Waals surface area (Å²) < 4.78 is 33.3. The minimum Gasteiger partial charge on any atom is -0.512 e. The van der Waals surface area contributed by atoms with E-state index in [-0.39, 0.29) is 42.5 Å². The summed E-state index contributed by atoms with van der Waals surface area (Å²) in [7, 11) is -2.07. The SMILES string of the molecule is C=C(C[C@@H](CC(=O)/C=C(\O)C[C@@H]1C[C@H](CCOC(c2ccccc2)(c2ccccc2)c2ccccc2)O[C@H](c2ccccc2)O1)O[Si](CC)(CC)CC)[C@@H](C)COCc1ccccc1. The van der Waals surface area contributed by atoms with Gasteiger partial charge in [0.05, 0.1) is 43.9 Å². The summed E-state index contributed by atoms with van der Waals surface area (Å²) in [5.41, 5.74) is 5.26. The quantitative estimate of drug-likeness (QED) is 0.0205. The first-order valence-corrected chi connectivity index (χ1v) is 25.8. The largest absolute Gasteiger partial charge is 0.512 e. The van der Waals surface area contributed by atoms with Crippen LogP contribution in [-0.2, 0) is 40.4 Å². The van der Waals surface area contributed by atoms with E-state index in [1.54, 1.807) is 0 Å². The highest BCUT2D eigenvalue weighted by molar-refractivity contribution is 6.73. The van der Waals surface area contributed by atoms with Crippen molar-refractivity contribution in [2.24, 2.45) is 5.92 Å². The predicted octanol–water partition coefficient (Wildman–Crippen LogP) is 13.2. The molecule has 5 aromatic carbocycles. The Morgan fingerprint density at radius 2 is 1.25 bits per heavy atom. The van der Waals surface area contributed by atoms with E-state index in [0.29, 0.717) is 39.1 Å². The van der Waals surface area contributed by atoms with Gasteiger partial charge >= 0.3 is 0 Å². The Bertz CT molecular complexity index is 2060. The molecule has 1 fully saturated rings. The van der Waals surface area contributed by atoms with Crippen LogP contribution in [0.15, 0.2) is 176 Å². The molecular formula is C56H68O7Si. The van der Waals surface area contributed by atoms with Gasteiger partial charge in [0.1, 0.15) is 5.60 Å². The van der Waals surface area contributed by atoms with Crippen LogP contribution in [0.25, 0.3) is 0 Å². The van der Waals surface area contributed by atoms with E-state index in [1.807, 2.05) is 103 Å². The smallest absolute Gasteiger partial charge is 0.192 e. The fourth-order valence-corrected chi connectivity index (χ4v) is 11.7. The third-order valence-corrected chi connectivity index (χ3v) is 17.4. The number of hydrogen-bond donors (Lipinski definition) is 1. The lowest BCUT2D eigenvalue weighted by atomic mass is 9.80. The second-order valence-corrected chi connectivity index (χ2v) is 21.9. The average molecular weight is 881 g/mol. The highest BCUT2D eigenvalue weighted by atomic mass is 28.4. The number of rotatable bonds is 25. The normalized spacial score (nSPS) is 18.0. The van der Waals surface area contributed by atoms with Crippen molar-refractivity contribution in [3.05, 3.63) is 203 Å². The van der Waals surface area contributed by atoms with Gasteiger partial charge in [-0.25, -0.2) is 0 Å². The zero-order valence-electron chi connectivity index (χ0n) is 38.3. The molecule has 1 N–H and O–H groups in total. The molecule has 6 rings (SSSR count). The van der Waals surface area contributed by atoms with E-state index < -0.39 is 26.3 Å². The molecule has 5 atom stereocenters. The summed E-state index contributed by atoms with van der Waals surface area (Å²) >= 11 is 0. The summed E-state index contributed by atoms with van der Waals surface area (Å²) in [5.74, 6) is -0.104. The fraction of sp³-hybridized carbons (Fsp3) is 0.375. The van der Waals surface area contributed by atoms with Crippen molar-refractivity contribution in [2.75, 3.05) is 13.2 Å². The maximum absolute atomic E-state index is 13.8. The highest BCUT2D eigenvalue weighted by Crippen LogP contribution is 2.41. The summed E-state index contributed by atoms with van der Waals surface area (Å²) in [6.07, 6.45) is 1.72. The average Bonchev–Trinajstić information content (AvgIpc) is 3.33. The Balaban J connectivity index is 1.15. The Morgan fingerprint density at radius 3 is 1.78 bits per heavy atom. The highest BCUT2D eigenvalue weighted by Gasteiger charge is 2.39. The number of carbonyl (C=O) groups excluding carboxylic acids is 1. The minimum atomic E-state index is -2.07. The number of aliphatic hydroxyl groups is 1. The van der Waals surface area contributed by atoms with Crippen molar-refractivity contribution in [3.63, 3.8) is 0 Å². The summed E-state index contributed by atoms with van der Waals surface area (Å²) in [6, 6.07) is 54.0. The Kier molecular flexibility index (Phi) is 18.5. The van der Waals surface area contributed by atoms with Crippen LogP contribution in [0.5, 0.6) is 0 Å². The van der Waals surface area contributed by atoms with Gasteiger partial charge in [-0.05, 0) is 53.2 Å². The molecule has 0 radical (unpaired) electrons. The molecule has 1 heterocycles. The summed E-state index contributed by atoms with van der Waals surface area (Å²) in [4.78, 5) is 13.8. The molecule has 0 bridgehead atoms. The van der Waals surface area contributed by atoms with Crippen LogP contribution in [-0.4, -0.2) is 50.7 Å². The maximum atomic E-state index is 13.8. The second-order valence-electron chi connectivity index (χ2n) is 17.2. The first-order valence-electron chi connectivity index (χ1n) is 23.2. The lowest BCUT2D eigenvalue weighted by molar-refractivity contribution is -0.251. The predicted molar refractivity (Wildman–Crippen MR) is 259 cm³/mol. The first-order chi connectivity index (χ1) is 31.2. The number of ether oxygens (including phenoxy) is 4. The number of allylic oxidation sites excluding steroid dienone is 1. The third-order valence-electron chi connectivity index (χ3n) is 12.7. The minimum absolute atomic E-state index is 0.0137. The van der Waals surface area contributed by atoms with Gasteiger partial charge in [0.15, 0.2) is 20.4 Å². The van der Waals surface area contributed by atoms with Gasteiger partial charge in [-0.3, -0.25) is 4.79 Å². The monoisotopic (exact) mass is 880 g/mol. The Morgan fingerprint density at radius 1 is 0.750 bits per heavy atom. The van der Waals surface area contributed by atoms with Crippen molar-refractivity contribution < 1.29 is 33.3 Å². The molecule has 338 valence electrons. The number of carbonyl (C=O) groups is 1. The molecule has 5 aromatic rings. The van der Waals surface area contributed by atoms with Crippen LogP contribution >= 0.6 is 0 Å². The zero-order valence-corrected chi connectivity index (χ0v) is 39.3. The van der Waals surface area contributed by atoms with Crippen molar-refractivity contribution >= 4 is 14.1 Å². The van der Waals surface area contributed by atoms with E-state index in [9.17, 15) is 9.90 Å². The van der Waals surface area contributed by atoms with Gasteiger partial charge < -0.3 is 28.5 Å². The van der Waals surface area contributed by atoms with E-state index in [4.69, 9.17) is 23.4 Å². The maximum Gasteiger partial charge on any atom is 0.192 e. The number of ketones is 1. The van der Waals surface area contributed by atoms with E-state index in [1.165, 1.54) is 6.08 Å². The third kappa shape index (κ3) is 13.3. The first kappa shape index (κ1) is 48.5. The molecular weight excluding hydrogens is 813 g/mol. The standard InChI is InChI=1S/C56H68O7Si/c1-6-64(7-2,8-3)63-54(36-43(4)44(5)41-59-42-45-24-14-9-15-25-45)39-51(58)37-50(57)38-53-40-52(61-55(62-53)46-26-16-10-17-27-46)34-35-60-56(47-28-18-11-19-29-47,48-30-20-12-21-31-48)49-32-22-13-23-33-49/h9-33,37,44,52-55,57H,4,6-8,34-36,38-42H2,1-3,5H3/b50-37-/t44-,52-,53+,54-,55-/m0/s1. The number of benzene rings is 5. The van der Waals surface area contributed by atoms with E-state index in [2.05, 4.69) is 82.8 Å². The fourth-order valence-electron chi connectivity index (χ4n) is 8.79. The zero-order chi connectivity index (χ0) is 45.2. The van der Waals surface area contributed by atoms with Crippen molar-refractivity contribution in [3.8, 4) is 0 Å². The van der Waals surface area contributed by atoms with Gasteiger partial charge in [-0.15, -0.1) is 0 Å². The van der Waals surface area contributed by atoms with E-state index >= 15 is 0 Å². The van der Waals surface area contributed by atoms with Crippen LogP contribution in [0.1, 0.15) is 93.9 Å². The van der Waals surface area contributed by atoms with Crippen LogP contribution in [0.3, 0.4) is 0 Å². The molecule has 0 aromatic heterocycles. The summed E-state index contributed by atoms with van der Waals surface area (Å²) in [5, 5.41) is 11.4. The molecule has 0 aliphatic carbocycles. The van der Waals surface area contributed by atoms with Crippen molar-refractivity contribution in [1.29, 1.82) is 0 Å².